The van der Waals surface area contributed by atoms with E-state index in [1.165, 1.54) is 16.7 Å². The van der Waals surface area contributed by atoms with E-state index in [0.717, 1.165) is 34.0 Å². The van der Waals surface area contributed by atoms with Crippen molar-refractivity contribution < 1.29 is 0 Å². The second-order valence-corrected chi connectivity index (χ2v) is 7.30. The fourth-order valence-electron chi connectivity index (χ4n) is 3.27. The Bertz CT molecular complexity index is 1120. The molecule has 4 aromatic rings. The number of imidazole rings is 1. The number of hydrogen-bond acceptors (Lipinski definition) is 1. The SMILES string of the molecule is Cc1ccc(C)c(Cn2c(/C=C/c3ccc(Cl)cc3)nc3ccccc32)c1. The van der Waals surface area contributed by atoms with Crippen LogP contribution >= 0.6 is 11.6 Å². The molecule has 0 unspecified atom stereocenters. The molecule has 0 bridgehead atoms. The zero-order valence-corrected chi connectivity index (χ0v) is 16.2. The van der Waals surface area contributed by atoms with E-state index in [-0.39, 0.29) is 0 Å². The Morgan fingerprint density at radius 2 is 1.70 bits per heavy atom. The molecule has 3 heteroatoms. The molecule has 0 spiro atoms. The Kier molecular flexibility index (Phi) is 4.83. The van der Waals surface area contributed by atoms with E-state index < -0.39 is 0 Å². The monoisotopic (exact) mass is 372 g/mol. The van der Waals surface area contributed by atoms with E-state index >= 15 is 0 Å². The molecule has 1 aromatic heterocycles. The molecule has 4 rings (SSSR count). The Morgan fingerprint density at radius 3 is 2.52 bits per heavy atom. The van der Waals surface area contributed by atoms with E-state index in [1.54, 1.807) is 0 Å². The van der Waals surface area contributed by atoms with Crippen molar-refractivity contribution in [3.05, 3.63) is 99.8 Å². The van der Waals surface area contributed by atoms with Crippen molar-refractivity contribution >= 4 is 34.8 Å². The molecule has 27 heavy (non-hydrogen) atoms. The van der Waals surface area contributed by atoms with Crippen molar-refractivity contribution in [2.45, 2.75) is 20.4 Å². The molecule has 0 aliphatic carbocycles. The molecule has 0 saturated carbocycles. The van der Waals surface area contributed by atoms with E-state index in [1.807, 2.05) is 30.3 Å². The molecule has 0 aliphatic rings. The Morgan fingerprint density at radius 1 is 0.926 bits per heavy atom. The van der Waals surface area contributed by atoms with Crippen LogP contribution in [0, 0.1) is 13.8 Å². The lowest BCUT2D eigenvalue weighted by Gasteiger charge is -2.11. The fourth-order valence-corrected chi connectivity index (χ4v) is 3.40. The van der Waals surface area contributed by atoms with Crippen molar-refractivity contribution in [2.24, 2.45) is 0 Å². The lowest BCUT2D eigenvalue weighted by Crippen LogP contribution is -2.04. The molecule has 0 fully saturated rings. The maximum absolute atomic E-state index is 5.98. The molecule has 0 aliphatic heterocycles. The minimum absolute atomic E-state index is 0.745. The quantitative estimate of drug-likeness (QED) is 0.398. The summed E-state index contributed by atoms with van der Waals surface area (Å²) in [5, 5.41) is 0.745. The van der Waals surface area contributed by atoms with Gasteiger partial charge in [-0.3, -0.25) is 0 Å². The largest absolute Gasteiger partial charge is 0.320 e. The van der Waals surface area contributed by atoms with E-state index in [9.17, 15) is 0 Å². The lowest BCUT2D eigenvalue weighted by molar-refractivity contribution is 0.807. The van der Waals surface area contributed by atoms with Crippen LogP contribution < -0.4 is 0 Å². The number of hydrogen-bond donors (Lipinski definition) is 0. The fraction of sp³-hybridized carbons (Fsp3) is 0.125. The summed E-state index contributed by atoms with van der Waals surface area (Å²) >= 11 is 5.98. The molecule has 0 atom stereocenters. The number of aryl methyl sites for hydroxylation is 2. The summed E-state index contributed by atoms with van der Waals surface area (Å²) in [7, 11) is 0. The highest BCUT2D eigenvalue weighted by molar-refractivity contribution is 6.30. The van der Waals surface area contributed by atoms with Gasteiger partial charge in [0.15, 0.2) is 0 Å². The standard InChI is InChI=1S/C24H21ClN2/c1-17-7-8-18(2)20(15-17)16-27-23-6-4-3-5-22(23)26-24(27)14-11-19-9-12-21(25)13-10-19/h3-15H,16H2,1-2H3/b14-11+. The van der Waals surface area contributed by atoms with Crippen LogP contribution in [-0.2, 0) is 6.54 Å². The molecule has 2 nitrogen and oxygen atoms in total. The number of rotatable bonds is 4. The van der Waals surface area contributed by atoms with Gasteiger partial charge in [-0.05, 0) is 60.9 Å². The van der Waals surface area contributed by atoms with E-state index in [2.05, 4.69) is 67.0 Å². The predicted molar refractivity (Wildman–Crippen MR) is 115 cm³/mol. The van der Waals surface area contributed by atoms with Crippen molar-refractivity contribution in [3.8, 4) is 0 Å². The summed E-state index contributed by atoms with van der Waals surface area (Å²) in [6, 6.07) is 22.7. The Labute approximate surface area is 164 Å². The Balaban J connectivity index is 1.77. The number of fused-ring (bicyclic) bond motifs is 1. The van der Waals surface area contributed by atoms with Gasteiger partial charge in [-0.1, -0.05) is 65.7 Å². The topological polar surface area (TPSA) is 17.8 Å². The van der Waals surface area contributed by atoms with Gasteiger partial charge in [0, 0.05) is 11.6 Å². The van der Waals surface area contributed by atoms with Crippen LogP contribution in [0.15, 0.2) is 66.7 Å². The highest BCUT2D eigenvalue weighted by atomic mass is 35.5. The van der Waals surface area contributed by atoms with Crippen LogP contribution in [0.3, 0.4) is 0 Å². The second-order valence-electron chi connectivity index (χ2n) is 6.86. The average molecular weight is 373 g/mol. The van der Waals surface area contributed by atoms with Gasteiger partial charge in [0.2, 0.25) is 0 Å². The van der Waals surface area contributed by atoms with Crippen LogP contribution in [0.4, 0.5) is 0 Å². The number of aromatic nitrogens is 2. The summed E-state index contributed by atoms with van der Waals surface area (Å²) in [6.07, 6.45) is 4.16. The number of nitrogens with zero attached hydrogens (tertiary/aromatic N) is 2. The van der Waals surface area contributed by atoms with Gasteiger partial charge in [-0.25, -0.2) is 4.98 Å². The molecular weight excluding hydrogens is 352 g/mol. The van der Waals surface area contributed by atoms with Crippen LogP contribution in [0.25, 0.3) is 23.2 Å². The van der Waals surface area contributed by atoms with Crippen LogP contribution in [0.1, 0.15) is 28.1 Å². The summed E-state index contributed by atoms with van der Waals surface area (Å²) in [5.41, 5.74) is 7.15. The molecule has 134 valence electrons. The molecule has 0 radical (unpaired) electrons. The Hall–Kier alpha value is -2.84. The minimum atomic E-state index is 0.745. The first-order chi connectivity index (χ1) is 13.1. The predicted octanol–water partition coefficient (Wildman–Crippen LogP) is 6.53. The maximum atomic E-state index is 5.98. The van der Waals surface area contributed by atoms with Gasteiger partial charge in [0.1, 0.15) is 5.82 Å². The van der Waals surface area contributed by atoms with E-state index in [0.29, 0.717) is 0 Å². The van der Waals surface area contributed by atoms with E-state index in [4.69, 9.17) is 16.6 Å². The van der Waals surface area contributed by atoms with Gasteiger partial charge in [0.05, 0.1) is 11.0 Å². The smallest absolute Gasteiger partial charge is 0.134 e. The summed E-state index contributed by atoms with van der Waals surface area (Å²) < 4.78 is 2.28. The third-order valence-electron chi connectivity index (χ3n) is 4.81. The van der Waals surface area contributed by atoms with Crippen molar-refractivity contribution in [3.63, 3.8) is 0 Å². The third kappa shape index (κ3) is 3.81. The molecule has 0 saturated heterocycles. The van der Waals surface area contributed by atoms with Crippen molar-refractivity contribution in [1.29, 1.82) is 0 Å². The summed E-state index contributed by atoms with van der Waals surface area (Å²) in [4.78, 5) is 4.84. The number of para-hydroxylation sites is 2. The molecule has 1 heterocycles. The highest BCUT2D eigenvalue weighted by Crippen LogP contribution is 2.22. The molecule has 0 N–H and O–H groups in total. The third-order valence-corrected chi connectivity index (χ3v) is 5.06. The first-order valence-corrected chi connectivity index (χ1v) is 9.43. The van der Waals surface area contributed by atoms with Crippen LogP contribution in [0.2, 0.25) is 5.02 Å². The van der Waals surface area contributed by atoms with Crippen molar-refractivity contribution in [1.82, 2.24) is 9.55 Å². The first-order valence-electron chi connectivity index (χ1n) is 9.05. The maximum Gasteiger partial charge on any atom is 0.134 e. The van der Waals surface area contributed by atoms with Gasteiger partial charge < -0.3 is 4.57 Å². The zero-order chi connectivity index (χ0) is 18.8. The van der Waals surface area contributed by atoms with Gasteiger partial charge in [0.25, 0.3) is 0 Å². The first kappa shape index (κ1) is 17.6. The molecular formula is C24H21ClN2. The molecule has 3 aromatic carbocycles. The van der Waals surface area contributed by atoms with Crippen LogP contribution in [0.5, 0.6) is 0 Å². The average Bonchev–Trinajstić information content (AvgIpc) is 3.02. The lowest BCUT2D eigenvalue weighted by atomic mass is 10.1. The summed E-state index contributed by atoms with van der Waals surface area (Å²) in [5.74, 6) is 0.951. The van der Waals surface area contributed by atoms with Gasteiger partial charge >= 0.3 is 0 Å². The van der Waals surface area contributed by atoms with Gasteiger partial charge in [-0.2, -0.15) is 0 Å². The molecule has 0 amide bonds. The van der Waals surface area contributed by atoms with Crippen molar-refractivity contribution in [2.75, 3.05) is 0 Å². The minimum Gasteiger partial charge on any atom is -0.320 e. The normalized spacial score (nSPS) is 11.5. The zero-order valence-electron chi connectivity index (χ0n) is 15.5. The van der Waals surface area contributed by atoms with Crippen LogP contribution in [-0.4, -0.2) is 9.55 Å². The highest BCUT2D eigenvalue weighted by Gasteiger charge is 2.10. The second kappa shape index (κ2) is 7.42. The number of benzene rings is 3. The number of halogens is 1. The summed E-state index contributed by atoms with van der Waals surface area (Å²) in [6.45, 7) is 5.10. The van der Waals surface area contributed by atoms with Gasteiger partial charge in [-0.15, -0.1) is 0 Å².